The summed E-state index contributed by atoms with van der Waals surface area (Å²) in [7, 11) is -4.60. The molecule has 0 aromatic heterocycles. The summed E-state index contributed by atoms with van der Waals surface area (Å²) >= 11 is 0. The Labute approximate surface area is 121 Å². The van der Waals surface area contributed by atoms with Crippen LogP contribution in [0.1, 0.15) is 26.7 Å². The summed E-state index contributed by atoms with van der Waals surface area (Å²) in [6.45, 7) is 3.58. The number of halogens is 2. The zero-order valence-electron chi connectivity index (χ0n) is 11.6. The highest BCUT2D eigenvalue weighted by Crippen LogP contribution is 2.23. The molecule has 0 atom stereocenters. The van der Waals surface area contributed by atoms with E-state index >= 15 is 0 Å². The summed E-state index contributed by atoms with van der Waals surface area (Å²) in [5.41, 5.74) is 0.000193. The Balaban J connectivity index is 2.82. The van der Waals surface area contributed by atoms with Crippen molar-refractivity contribution in [2.24, 2.45) is 0 Å². The van der Waals surface area contributed by atoms with Crippen molar-refractivity contribution in [1.29, 1.82) is 0 Å². The molecule has 0 radical (unpaired) electrons. The smallest absolute Gasteiger partial charge is 0.341 e. The van der Waals surface area contributed by atoms with E-state index in [4.69, 9.17) is 5.11 Å². The molecular formula is C13H17F2NO4S. The van der Waals surface area contributed by atoms with Crippen molar-refractivity contribution in [1.82, 2.24) is 0 Å². The number of benzene rings is 1. The number of carboxylic acid groups (broad SMARTS) is 1. The second-order valence-corrected chi connectivity index (χ2v) is 7.15. The lowest BCUT2D eigenvalue weighted by Gasteiger charge is -2.27. The summed E-state index contributed by atoms with van der Waals surface area (Å²) < 4.78 is 47.3. The van der Waals surface area contributed by atoms with Crippen LogP contribution in [-0.2, 0) is 14.6 Å². The maximum atomic E-state index is 12.4. The van der Waals surface area contributed by atoms with E-state index in [0.29, 0.717) is 12.1 Å². The van der Waals surface area contributed by atoms with Crippen LogP contribution in [-0.4, -0.2) is 30.8 Å². The van der Waals surface area contributed by atoms with Gasteiger partial charge in [0.25, 0.3) is 0 Å². The topological polar surface area (TPSA) is 83.5 Å². The second kappa shape index (κ2) is 6.38. The molecule has 118 valence electrons. The molecule has 1 aromatic rings. The van der Waals surface area contributed by atoms with E-state index in [1.54, 1.807) is 13.8 Å². The third-order valence-corrected chi connectivity index (χ3v) is 4.26. The van der Waals surface area contributed by atoms with E-state index in [0.717, 1.165) is 12.1 Å². The van der Waals surface area contributed by atoms with Crippen LogP contribution < -0.4 is 5.32 Å². The van der Waals surface area contributed by atoms with Crippen molar-refractivity contribution >= 4 is 21.5 Å². The number of aliphatic carboxylic acids is 1. The van der Waals surface area contributed by atoms with E-state index in [9.17, 15) is 22.0 Å². The zero-order chi connectivity index (χ0) is 16.3. The minimum atomic E-state index is -4.60. The first-order chi connectivity index (χ1) is 9.54. The minimum Gasteiger partial charge on any atom is -0.481 e. The number of carboxylic acids is 1. The summed E-state index contributed by atoms with van der Waals surface area (Å²) in [5, 5.41) is 11.7. The molecular weight excluding hydrogens is 304 g/mol. The van der Waals surface area contributed by atoms with Gasteiger partial charge in [0, 0.05) is 17.6 Å². The number of hydrogen-bond acceptors (Lipinski definition) is 4. The highest BCUT2D eigenvalue weighted by molar-refractivity contribution is 7.91. The average molecular weight is 321 g/mol. The third kappa shape index (κ3) is 4.96. The van der Waals surface area contributed by atoms with Gasteiger partial charge >= 0.3 is 11.7 Å². The van der Waals surface area contributed by atoms with E-state index in [1.807, 2.05) is 0 Å². The van der Waals surface area contributed by atoms with Gasteiger partial charge in [0.05, 0.1) is 4.90 Å². The van der Waals surface area contributed by atoms with Crippen molar-refractivity contribution in [3.05, 3.63) is 24.3 Å². The van der Waals surface area contributed by atoms with Crippen LogP contribution in [0.3, 0.4) is 0 Å². The Kier molecular flexibility index (Phi) is 5.27. The molecule has 0 amide bonds. The predicted octanol–water partition coefficient (Wildman–Crippen LogP) is 2.74. The fourth-order valence-corrected chi connectivity index (χ4v) is 2.42. The number of hydrogen-bond donors (Lipinski definition) is 2. The molecule has 1 rings (SSSR count). The molecule has 5 nitrogen and oxygen atoms in total. The molecule has 0 aliphatic carbocycles. The molecule has 0 spiro atoms. The SMILES string of the molecule is CC(C)(CCC(=O)O)Nc1ccc(S(=O)(=O)C(F)F)cc1. The number of nitrogens with one attached hydrogen (secondary N) is 1. The van der Waals surface area contributed by atoms with E-state index in [2.05, 4.69) is 5.32 Å². The van der Waals surface area contributed by atoms with Gasteiger partial charge < -0.3 is 10.4 Å². The van der Waals surface area contributed by atoms with Crippen LogP contribution in [0, 0.1) is 0 Å². The number of alkyl halides is 2. The molecule has 0 aliphatic heterocycles. The highest BCUT2D eigenvalue weighted by atomic mass is 32.2. The molecule has 0 unspecified atom stereocenters. The highest BCUT2D eigenvalue weighted by Gasteiger charge is 2.26. The quantitative estimate of drug-likeness (QED) is 0.807. The molecule has 0 aliphatic rings. The third-order valence-electron chi connectivity index (χ3n) is 2.86. The molecule has 21 heavy (non-hydrogen) atoms. The number of rotatable bonds is 7. The fourth-order valence-electron chi connectivity index (χ4n) is 1.70. The summed E-state index contributed by atoms with van der Waals surface area (Å²) in [4.78, 5) is 10.1. The van der Waals surface area contributed by atoms with Crippen LogP contribution in [0.2, 0.25) is 0 Å². The lowest BCUT2D eigenvalue weighted by atomic mass is 9.98. The Morgan fingerprint density at radius 1 is 1.29 bits per heavy atom. The van der Waals surface area contributed by atoms with Gasteiger partial charge in [-0.15, -0.1) is 0 Å². The maximum absolute atomic E-state index is 12.4. The summed E-state index contributed by atoms with van der Waals surface area (Å²) in [6, 6.07) is 4.93. The monoisotopic (exact) mass is 321 g/mol. The fraction of sp³-hybridized carbons (Fsp3) is 0.462. The van der Waals surface area contributed by atoms with Gasteiger partial charge in [0.2, 0.25) is 9.84 Å². The first-order valence-corrected chi connectivity index (χ1v) is 7.71. The van der Waals surface area contributed by atoms with Crippen molar-refractivity contribution in [3.8, 4) is 0 Å². The van der Waals surface area contributed by atoms with Gasteiger partial charge in [-0.25, -0.2) is 8.42 Å². The molecule has 2 N–H and O–H groups in total. The van der Waals surface area contributed by atoms with Gasteiger partial charge in [0.15, 0.2) is 0 Å². The molecule has 0 saturated carbocycles. The molecule has 8 heteroatoms. The largest absolute Gasteiger partial charge is 0.481 e. The van der Waals surface area contributed by atoms with Crippen molar-refractivity contribution < 1.29 is 27.1 Å². The van der Waals surface area contributed by atoms with Crippen molar-refractivity contribution in [2.45, 2.75) is 42.9 Å². The van der Waals surface area contributed by atoms with Gasteiger partial charge in [-0.2, -0.15) is 8.78 Å². The van der Waals surface area contributed by atoms with Gasteiger partial charge in [-0.3, -0.25) is 4.79 Å². The Morgan fingerprint density at radius 2 is 1.81 bits per heavy atom. The lowest BCUT2D eigenvalue weighted by molar-refractivity contribution is -0.137. The average Bonchev–Trinajstić information content (AvgIpc) is 2.36. The Bertz CT molecular complexity index is 597. The Hall–Kier alpha value is -1.70. The van der Waals surface area contributed by atoms with Gasteiger partial charge in [0.1, 0.15) is 0 Å². The summed E-state index contributed by atoms with van der Waals surface area (Å²) in [5.74, 6) is -4.37. The van der Waals surface area contributed by atoms with Gasteiger partial charge in [-0.1, -0.05) is 0 Å². The maximum Gasteiger partial charge on any atom is 0.341 e. The van der Waals surface area contributed by atoms with Crippen molar-refractivity contribution in [2.75, 3.05) is 5.32 Å². The van der Waals surface area contributed by atoms with Crippen LogP contribution in [0.15, 0.2) is 29.2 Å². The van der Waals surface area contributed by atoms with E-state index in [1.165, 1.54) is 12.1 Å². The predicted molar refractivity (Wildman–Crippen MR) is 74.2 cm³/mol. The van der Waals surface area contributed by atoms with E-state index in [-0.39, 0.29) is 6.42 Å². The van der Waals surface area contributed by atoms with Crippen molar-refractivity contribution in [3.63, 3.8) is 0 Å². The number of carbonyl (C=O) groups is 1. The van der Waals surface area contributed by atoms with Gasteiger partial charge in [-0.05, 0) is 44.5 Å². The number of sulfone groups is 1. The molecule has 0 bridgehead atoms. The molecule has 0 heterocycles. The molecule has 0 fully saturated rings. The van der Waals surface area contributed by atoms with Crippen LogP contribution >= 0.6 is 0 Å². The minimum absolute atomic E-state index is 0.0160. The second-order valence-electron chi connectivity index (χ2n) is 5.23. The molecule has 0 saturated heterocycles. The summed E-state index contributed by atoms with van der Waals surface area (Å²) in [6.07, 6.45) is 0.345. The zero-order valence-corrected chi connectivity index (χ0v) is 12.5. The first kappa shape index (κ1) is 17.4. The number of anilines is 1. The van der Waals surface area contributed by atoms with Crippen LogP contribution in [0.5, 0.6) is 0 Å². The lowest BCUT2D eigenvalue weighted by Crippen LogP contribution is -2.31. The normalized spacial score (nSPS) is 12.4. The molecule has 1 aromatic carbocycles. The Morgan fingerprint density at radius 3 is 2.24 bits per heavy atom. The van der Waals surface area contributed by atoms with Crippen LogP contribution in [0.4, 0.5) is 14.5 Å². The van der Waals surface area contributed by atoms with E-state index < -0.39 is 32.0 Å². The van der Waals surface area contributed by atoms with Crippen LogP contribution in [0.25, 0.3) is 0 Å². The first-order valence-electron chi connectivity index (χ1n) is 6.17. The standard InChI is InChI=1S/C13H17F2NO4S/c1-13(2,8-7-11(17)18)16-9-3-5-10(6-4-9)21(19,20)12(14)15/h3-6,12,16H,7-8H2,1-2H3,(H,17,18).